The molecule has 0 spiro atoms. The third-order valence-corrected chi connectivity index (χ3v) is 2.29. The number of carboxylic acid groups (broad SMARTS) is 1. The van der Waals surface area contributed by atoms with Gasteiger partial charge in [-0.05, 0) is 18.2 Å². The second-order valence-corrected chi connectivity index (χ2v) is 3.65. The molecule has 2 aromatic rings. The number of aromatic amines is 1. The number of halogens is 3. The Morgan fingerprint density at radius 3 is 2.35 bits per heavy atom. The minimum Gasteiger partial charge on any atom is -0.477 e. The summed E-state index contributed by atoms with van der Waals surface area (Å²) in [4.78, 5) is 10.6. The molecular weight excluding hydrogens is 254 g/mol. The van der Waals surface area contributed by atoms with Crippen LogP contribution in [0.4, 0.5) is 8.78 Å². The van der Waals surface area contributed by atoms with E-state index in [-0.39, 0.29) is 16.4 Å². The molecule has 0 aliphatic carbocycles. The zero-order valence-electron chi connectivity index (χ0n) is 8.17. The molecule has 4 nitrogen and oxygen atoms in total. The number of carboxylic acids is 1. The fourth-order valence-electron chi connectivity index (χ4n) is 1.35. The Balaban J connectivity index is 2.56. The lowest BCUT2D eigenvalue weighted by Gasteiger charge is -2.01. The highest BCUT2D eigenvalue weighted by Crippen LogP contribution is 2.27. The first-order chi connectivity index (χ1) is 7.99. The number of carbonyl (C=O) groups is 1. The summed E-state index contributed by atoms with van der Waals surface area (Å²) in [5.41, 5.74) is -0.805. The molecule has 1 aromatic heterocycles. The molecular formula is C10H5ClF2N2O2. The van der Waals surface area contributed by atoms with Crippen molar-refractivity contribution in [2.24, 2.45) is 0 Å². The molecule has 0 aliphatic heterocycles. The molecule has 1 aromatic carbocycles. The SMILES string of the molecule is O=C(O)c1cc(-c2c(F)cc(Cl)cc2F)n[nH]1. The minimum absolute atomic E-state index is 0.0854. The fourth-order valence-corrected chi connectivity index (χ4v) is 1.54. The second kappa shape index (κ2) is 4.14. The van der Waals surface area contributed by atoms with Crippen molar-refractivity contribution < 1.29 is 18.7 Å². The molecule has 7 heteroatoms. The third-order valence-electron chi connectivity index (χ3n) is 2.07. The first-order valence-corrected chi connectivity index (χ1v) is 4.80. The molecule has 2 rings (SSSR count). The lowest BCUT2D eigenvalue weighted by Crippen LogP contribution is -1.95. The van der Waals surface area contributed by atoms with E-state index >= 15 is 0 Å². The Morgan fingerprint density at radius 1 is 1.29 bits per heavy atom. The van der Waals surface area contributed by atoms with Crippen molar-refractivity contribution in [3.05, 3.63) is 40.6 Å². The van der Waals surface area contributed by atoms with Crippen LogP contribution in [0.15, 0.2) is 18.2 Å². The molecule has 0 unspecified atom stereocenters. The summed E-state index contributed by atoms with van der Waals surface area (Å²) in [5, 5.41) is 14.2. The van der Waals surface area contributed by atoms with Crippen molar-refractivity contribution in [2.75, 3.05) is 0 Å². The summed E-state index contributed by atoms with van der Waals surface area (Å²) in [5.74, 6) is -3.07. The summed E-state index contributed by atoms with van der Waals surface area (Å²) >= 11 is 5.46. The van der Waals surface area contributed by atoms with Crippen molar-refractivity contribution in [3.63, 3.8) is 0 Å². The Kier molecular flexibility index (Phi) is 2.81. The van der Waals surface area contributed by atoms with E-state index in [1.54, 1.807) is 0 Å². The highest BCUT2D eigenvalue weighted by molar-refractivity contribution is 6.30. The number of hydrogen-bond acceptors (Lipinski definition) is 2. The summed E-state index contributed by atoms with van der Waals surface area (Å²) in [7, 11) is 0. The highest BCUT2D eigenvalue weighted by atomic mass is 35.5. The van der Waals surface area contributed by atoms with E-state index in [1.807, 2.05) is 0 Å². The number of nitrogens with zero attached hydrogens (tertiary/aromatic N) is 1. The van der Waals surface area contributed by atoms with Crippen LogP contribution in [0.2, 0.25) is 5.02 Å². The van der Waals surface area contributed by atoms with Crippen LogP contribution >= 0.6 is 11.6 Å². The third kappa shape index (κ3) is 2.12. The van der Waals surface area contributed by atoms with Gasteiger partial charge in [0.25, 0.3) is 0 Å². The van der Waals surface area contributed by atoms with Gasteiger partial charge in [-0.15, -0.1) is 0 Å². The van der Waals surface area contributed by atoms with Crippen LogP contribution in [0.1, 0.15) is 10.5 Å². The molecule has 17 heavy (non-hydrogen) atoms. The minimum atomic E-state index is -1.27. The fraction of sp³-hybridized carbons (Fsp3) is 0. The number of aromatic carboxylic acids is 1. The van der Waals surface area contributed by atoms with Crippen LogP contribution in [-0.4, -0.2) is 21.3 Å². The number of rotatable bonds is 2. The van der Waals surface area contributed by atoms with Gasteiger partial charge in [-0.2, -0.15) is 5.10 Å². The van der Waals surface area contributed by atoms with Crippen molar-refractivity contribution in [1.29, 1.82) is 0 Å². The molecule has 0 aliphatic rings. The quantitative estimate of drug-likeness (QED) is 0.870. The lowest BCUT2D eigenvalue weighted by molar-refractivity contribution is 0.0690. The van der Waals surface area contributed by atoms with Gasteiger partial charge in [-0.25, -0.2) is 13.6 Å². The van der Waals surface area contributed by atoms with E-state index in [2.05, 4.69) is 10.2 Å². The van der Waals surface area contributed by atoms with Gasteiger partial charge in [-0.1, -0.05) is 11.6 Å². The van der Waals surface area contributed by atoms with Crippen molar-refractivity contribution in [2.45, 2.75) is 0 Å². The summed E-state index contributed by atoms with van der Waals surface area (Å²) < 4.78 is 27.0. The molecule has 0 amide bonds. The predicted octanol–water partition coefficient (Wildman–Crippen LogP) is 2.71. The van der Waals surface area contributed by atoms with Crippen molar-refractivity contribution in [3.8, 4) is 11.3 Å². The first kappa shape index (κ1) is 11.5. The number of hydrogen-bond donors (Lipinski definition) is 2. The molecule has 0 saturated carbocycles. The van der Waals surface area contributed by atoms with Gasteiger partial charge in [-0.3, -0.25) is 5.10 Å². The van der Waals surface area contributed by atoms with Crippen LogP contribution < -0.4 is 0 Å². The molecule has 1 heterocycles. The van der Waals surface area contributed by atoms with Gasteiger partial charge in [0.1, 0.15) is 17.3 Å². The second-order valence-electron chi connectivity index (χ2n) is 3.22. The maximum Gasteiger partial charge on any atom is 0.353 e. The van der Waals surface area contributed by atoms with Crippen LogP contribution in [-0.2, 0) is 0 Å². The Bertz CT molecular complexity index is 575. The number of benzene rings is 1. The van der Waals surface area contributed by atoms with Gasteiger partial charge in [0.15, 0.2) is 0 Å². The molecule has 2 N–H and O–H groups in total. The zero-order chi connectivity index (χ0) is 12.6. The van der Waals surface area contributed by atoms with Gasteiger partial charge in [0.05, 0.1) is 11.3 Å². The predicted molar refractivity (Wildman–Crippen MR) is 55.9 cm³/mol. The maximum atomic E-state index is 13.5. The molecule has 88 valence electrons. The number of nitrogens with one attached hydrogen (secondary N) is 1. The lowest BCUT2D eigenvalue weighted by atomic mass is 10.1. The average molecular weight is 259 g/mol. The van der Waals surface area contributed by atoms with Gasteiger partial charge >= 0.3 is 5.97 Å². The Labute approximate surface area is 98.8 Å². The van der Waals surface area contributed by atoms with E-state index in [4.69, 9.17) is 16.7 Å². The molecule has 0 fully saturated rings. The summed E-state index contributed by atoms with van der Waals surface area (Å²) in [6.45, 7) is 0. The molecule has 0 bridgehead atoms. The summed E-state index contributed by atoms with van der Waals surface area (Å²) in [6, 6.07) is 2.89. The van der Waals surface area contributed by atoms with E-state index < -0.39 is 23.2 Å². The average Bonchev–Trinajstić information content (AvgIpc) is 2.65. The normalized spacial score (nSPS) is 10.5. The van der Waals surface area contributed by atoms with Gasteiger partial charge in [0, 0.05) is 5.02 Å². The maximum absolute atomic E-state index is 13.5. The molecule has 0 radical (unpaired) electrons. The van der Waals surface area contributed by atoms with Gasteiger partial charge in [0.2, 0.25) is 0 Å². The van der Waals surface area contributed by atoms with Crippen molar-refractivity contribution in [1.82, 2.24) is 10.2 Å². The van der Waals surface area contributed by atoms with E-state index in [9.17, 15) is 13.6 Å². The number of aromatic nitrogens is 2. The smallest absolute Gasteiger partial charge is 0.353 e. The highest BCUT2D eigenvalue weighted by Gasteiger charge is 2.17. The Hall–Kier alpha value is -1.95. The van der Waals surface area contributed by atoms with E-state index in [1.165, 1.54) is 0 Å². The topological polar surface area (TPSA) is 66.0 Å². The van der Waals surface area contributed by atoms with Crippen LogP contribution in [0.5, 0.6) is 0 Å². The first-order valence-electron chi connectivity index (χ1n) is 4.42. The van der Waals surface area contributed by atoms with Crippen LogP contribution in [0.3, 0.4) is 0 Å². The molecule has 0 atom stereocenters. The van der Waals surface area contributed by atoms with Crippen LogP contribution in [0, 0.1) is 11.6 Å². The van der Waals surface area contributed by atoms with Gasteiger partial charge < -0.3 is 5.11 Å². The van der Waals surface area contributed by atoms with Crippen LogP contribution in [0.25, 0.3) is 11.3 Å². The number of H-pyrrole nitrogens is 1. The zero-order valence-corrected chi connectivity index (χ0v) is 8.92. The van der Waals surface area contributed by atoms with E-state index in [0.29, 0.717) is 0 Å². The standard InChI is InChI=1S/C10H5ClF2N2O2/c11-4-1-5(12)9(6(13)2-4)7-3-8(10(16)17)15-14-7/h1-3H,(H,14,15)(H,16,17). The Morgan fingerprint density at radius 2 is 1.88 bits per heavy atom. The van der Waals surface area contributed by atoms with E-state index in [0.717, 1.165) is 18.2 Å². The monoisotopic (exact) mass is 258 g/mol. The summed E-state index contributed by atoms with van der Waals surface area (Å²) in [6.07, 6.45) is 0. The van der Waals surface area contributed by atoms with Crippen molar-refractivity contribution >= 4 is 17.6 Å². The largest absolute Gasteiger partial charge is 0.477 e. The molecule has 0 saturated heterocycles.